The monoisotopic (exact) mass is 568 g/mol. The van der Waals surface area contributed by atoms with E-state index in [2.05, 4.69) is 4.99 Å². The van der Waals surface area contributed by atoms with Crippen molar-refractivity contribution in [1.29, 1.82) is 0 Å². The Hall–Kier alpha value is -3.25. The van der Waals surface area contributed by atoms with Crippen molar-refractivity contribution < 1.29 is 41.9 Å². The van der Waals surface area contributed by atoms with Crippen molar-refractivity contribution in [1.82, 2.24) is 4.57 Å². The number of aliphatic hydroxyl groups is 1. The van der Waals surface area contributed by atoms with Gasteiger partial charge >= 0.3 is 12.1 Å². The Labute approximate surface area is 228 Å². The van der Waals surface area contributed by atoms with E-state index in [-0.39, 0.29) is 30.6 Å². The van der Waals surface area contributed by atoms with Crippen molar-refractivity contribution in [3.05, 3.63) is 52.6 Å². The fourth-order valence-corrected chi connectivity index (χ4v) is 4.48. The van der Waals surface area contributed by atoms with Gasteiger partial charge in [0.1, 0.15) is 17.9 Å². The number of unbranched alkanes of at least 4 members (excludes halogenated alkanes) is 1. The Morgan fingerprint density at radius 2 is 1.92 bits per heavy atom. The third kappa shape index (κ3) is 7.89. The molecule has 0 spiro atoms. The van der Waals surface area contributed by atoms with Gasteiger partial charge < -0.3 is 19.1 Å². The number of aryl methyl sites for hydroxylation is 1. The van der Waals surface area contributed by atoms with E-state index in [0.717, 1.165) is 35.2 Å². The van der Waals surface area contributed by atoms with E-state index >= 15 is 0 Å². The number of amides is 1. The fourth-order valence-electron chi connectivity index (χ4n) is 3.46. The maximum Gasteiger partial charge on any atom is 0.416 e. The largest absolute Gasteiger partial charge is 0.490 e. The zero-order valence-corrected chi connectivity index (χ0v) is 23.4. The number of nitrogens with zero attached hydrogens (tertiary/aromatic N) is 3. The lowest BCUT2D eigenvalue weighted by atomic mass is 9.98. The highest BCUT2D eigenvalue weighted by Crippen LogP contribution is 2.33. The number of benzene rings is 1. The minimum absolute atomic E-state index is 0.00467. The molecular formula is C27H33F3N3O5S+. The van der Waals surface area contributed by atoms with Gasteiger partial charge in [0.15, 0.2) is 17.2 Å². The zero-order chi connectivity index (χ0) is 29.0. The molecule has 0 unspecified atom stereocenters. The molecule has 0 aliphatic heterocycles. The topological polar surface area (TPSA) is 94.0 Å². The van der Waals surface area contributed by atoms with Crippen LogP contribution in [0.1, 0.15) is 63.4 Å². The van der Waals surface area contributed by atoms with Gasteiger partial charge in [-0.25, -0.2) is 0 Å². The molecule has 0 saturated heterocycles. The number of carbonyl (C=O) groups is 2. The number of thiazole rings is 1. The fraction of sp³-hybridized carbons (Fsp3) is 0.481. The van der Waals surface area contributed by atoms with Crippen LogP contribution >= 0.6 is 11.3 Å². The van der Waals surface area contributed by atoms with Crippen LogP contribution in [-0.4, -0.2) is 34.3 Å². The van der Waals surface area contributed by atoms with Crippen molar-refractivity contribution in [2.45, 2.75) is 73.0 Å². The first-order valence-corrected chi connectivity index (χ1v) is 13.3. The second-order valence-electron chi connectivity index (χ2n) is 10.2. The van der Waals surface area contributed by atoms with E-state index in [1.807, 2.05) is 11.5 Å². The van der Waals surface area contributed by atoms with Crippen molar-refractivity contribution in [3.63, 3.8) is 0 Å². The Morgan fingerprint density at radius 3 is 2.54 bits per heavy atom. The summed E-state index contributed by atoms with van der Waals surface area (Å²) in [5, 5.41) is 9.55. The Bertz CT molecular complexity index is 1400. The number of aliphatic hydroxyl groups excluding tert-OH is 1. The van der Waals surface area contributed by atoms with Gasteiger partial charge in [0.2, 0.25) is 0 Å². The van der Waals surface area contributed by atoms with Crippen LogP contribution in [-0.2, 0) is 29.0 Å². The van der Waals surface area contributed by atoms with Crippen molar-refractivity contribution in [2.75, 3.05) is 6.61 Å². The van der Waals surface area contributed by atoms with Crippen molar-refractivity contribution in [3.8, 4) is 5.75 Å². The van der Waals surface area contributed by atoms with Crippen LogP contribution in [0.25, 0.3) is 10.2 Å². The second-order valence-corrected chi connectivity index (χ2v) is 11.2. The average Bonchev–Trinajstić information content (AvgIpc) is 3.19. The summed E-state index contributed by atoms with van der Waals surface area (Å²) in [5.74, 6) is -1.35. The van der Waals surface area contributed by atoms with E-state index in [1.165, 1.54) is 18.3 Å². The predicted molar refractivity (Wildman–Crippen MR) is 139 cm³/mol. The number of alkyl halides is 3. The Kier molecular flexibility index (Phi) is 9.55. The number of rotatable bonds is 9. The molecule has 1 N–H and O–H groups in total. The summed E-state index contributed by atoms with van der Waals surface area (Å²) in [6, 6.07) is 4.40. The summed E-state index contributed by atoms with van der Waals surface area (Å²) < 4.78 is 55.4. The number of ether oxygens (including phenoxy) is 2. The van der Waals surface area contributed by atoms with E-state index in [0.29, 0.717) is 17.4 Å². The summed E-state index contributed by atoms with van der Waals surface area (Å²) in [7, 11) is 0. The molecule has 2 aromatic heterocycles. The number of aromatic nitrogens is 2. The molecule has 12 heteroatoms. The summed E-state index contributed by atoms with van der Waals surface area (Å²) in [6.45, 7) is 9.06. The highest BCUT2D eigenvalue weighted by atomic mass is 32.1. The van der Waals surface area contributed by atoms with Crippen LogP contribution in [0, 0.1) is 5.41 Å². The van der Waals surface area contributed by atoms with E-state index < -0.39 is 29.2 Å². The number of hydrogen-bond acceptors (Lipinski definition) is 6. The first-order valence-electron chi connectivity index (χ1n) is 12.5. The van der Waals surface area contributed by atoms with E-state index in [9.17, 15) is 27.9 Å². The van der Waals surface area contributed by atoms with E-state index in [1.54, 1.807) is 43.8 Å². The summed E-state index contributed by atoms with van der Waals surface area (Å²) in [6.07, 6.45) is -0.408. The molecule has 3 aromatic rings. The lowest BCUT2D eigenvalue weighted by Crippen LogP contribution is -2.37. The lowest BCUT2D eigenvalue weighted by Gasteiger charge is -2.14. The van der Waals surface area contributed by atoms with Gasteiger partial charge in [-0.05, 0) is 52.3 Å². The highest BCUT2D eigenvalue weighted by Gasteiger charge is 2.32. The molecular weight excluding hydrogens is 535 g/mol. The first kappa shape index (κ1) is 30.3. The van der Waals surface area contributed by atoms with Crippen LogP contribution in [0.4, 0.5) is 13.2 Å². The number of esters is 1. The third-order valence-electron chi connectivity index (χ3n) is 5.59. The van der Waals surface area contributed by atoms with Crippen LogP contribution < -0.4 is 14.1 Å². The average molecular weight is 569 g/mol. The smallest absolute Gasteiger partial charge is 0.416 e. The molecule has 3 rings (SSSR count). The van der Waals surface area contributed by atoms with Crippen LogP contribution in [0.15, 0.2) is 41.7 Å². The summed E-state index contributed by atoms with van der Waals surface area (Å²) >= 11 is 1.22. The number of hydrogen-bond donors (Lipinski definition) is 1. The molecule has 8 nitrogen and oxygen atoms in total. The summed E-state index contributed by atoms with van der Waals surface area (Å²) in [5.41, 5.74) is -1.27. The number of halogens is 3. The van der Waals surface area contributed by atoms with Gasteiger partial charge in [0.25, 0.3) is 12.6 Å². The molecule has 39 heavy (non-hydrogen) atoms. The minimum Gasteiger partial charge on any atom is -0.490 e. The van der Waals surface area contributed by atoms with Gasteiger partial charge in [0.05, 0.1) is 27.3 Å². The van der Waals surface area contributed by atoms with Gasteiger partial charge in [0, 0.05) is 12.6 Å². The summed E-state index contributed by atoms with van der Waals surface area (Å²) in [4.78, 5) is 30.0. The molecule has 0 bridgehead atoms. The highest BCUT2D eigenvalue weighted by molar-refractivity contribution is 7.16. The molecule has 1 aromatic carbocycles. The quantitative estimate of drug-likeness (QED) is 0.294. The molecule has 0 aliphatic rings. The maximum atomic E-state index is 13.4. The molecule has 0 fully saturated rings. The molecule has 1 atom stereocenters. The number of carbonyl (C=O) groups excluding carboxylic acids is 2. The van der Waals surface area contributed by atoms with Gasteiger partial charge in [-0.2, -0.15) is 22.7 Å². The van der Waals surface area contributed by atoms with Gasteiger partial charge in [-0.3, -0.25) is 9.59 Å². The lowest BCUT2D eigenvalue weighted by molar-refractivity contribution is -0.726. The predicted octanol–water partition coefficient (Wildman–Crippen LogP) is 4.86. The van der Waals surface area contributed by atoms with Gasteiger partial charge in [-0.1, -0.05) is 24.7 Å². The van der Waals surface area contributed by atoms with E-state index in [4.69, 9.17) is 9.47 Å². The third-order valence-corrected chi connectivity index (χ3v) is 6.65. The second kappa shape index (κ2) is 12.3. The minimum atomic E-state index is -4.67. The van der Waals surface area contributed by atoms with Crippen molar-refractivity contribution >= 4 is 33.4 Å². The maximum absolute atomic E-state index is 13.4. The SMILES string of the molecule is CCCCn1/c(=N/C(=O)c2cc(C(F)(F)F)ccc2OC[C@H](C)O)sc2cc[n+](COC(=O)C(C)(C)C)cc21. The zero-order valence-electron chi connectivity index (χ0n) is 22.5. The molecule has 212 valence electrons. The van der Waals surface area contributed by atoms with Crippen LogP contribution in [0.2, 0.25) is 0 Å². The number of pyridine rings is 1. The van der Waals surface area contributed by atoms with Crippen LogP contribution in [0.5, 0.6) is 5.75 Å². The van der Waals surface area contributed by atoms with Gasteiger partial charge in [-0.15, -0.1) is 0 Å². The first-order chi connectivity index (χ1) is 18.2. The molecule has 1 amide bonds. The van der Waals surface area contributed by atoms with Crippen LogP contribution in [0.3, 0.4) is 0 Å². The Balaban J connectivity index is 2.06. The molecule has 0 saturated carbocycles. The Morgan fingerprint density at radius 1 is 1.21 bits per heavy atom. The standard InChI is InChI=1S/C27H33F3N3O5S/c1-6-7-11-33-20-14-32(16-38-24(36)26(3,4)5)12-10-22(20)39-25(33)31-23(35)19-13-18(27(28,29)30)8-9-21(19)37-15-17(2)34/h8-10,12-14,17,34H,6-7,11,15-16H2,1-5H3/q+1/b31-25-/t17-/m0/s1. The molecule has 0 aliphatic carbocycles. The normalized spacial score (nSPS) is 13.5. The molecule has 2 heterocycles. The molecule has 0 radical (unpaired) electrons. The van der Waals surface area contributed by atoms with Crippen molar-refractivity contribution in [2.24, 2.45) is 10.4 Å². The number of fused-ring (bicyclic) bond motifs is 1.